The quantitative estimate of drug-likeness (QED) is 0.772. The van der Waals surface area contributed by atoms with Gasteiger partial charge in [-0.05, 0) is 30.9 Å². The third kappa shape index (κ3) is 4.28. The molecule has 1 aromatic rings. The van der Waals surface area contributed by atoms with Crippen molar-refractivity contribution >= 4 is 29.2 Å². The van der Waals surface area contributed by atoms with Crippen molar-refractivity contribution in [1.29, 1.82) is 0 Å². The first-order valence-electron chi connectivity index (χ1n) is 8.95. The number of anilines is 1. The fraction of sp³-hybridized carbons (Fsp3) is 0.474. The first-order valence-corrected chi connectivity index (χ1v) is 8.95. The molecular weight excluding hydrogens is 334 g/mol. The molecule has 26 heavy (non-hydrogen) atoms. The van der Waals surface area contributed by atoms with Crippen molar-refractivity contribution in [3.05, 3.63) is 30.3 Å². The van der Waals surface area contributed by atoms with E-state index in [9.17, 15) is 14.4 Å². The second-order valence-electron chi connectivity index (χ2n) is 6.75. The van der Waals surface area contributed by atoms with Crippen molar-refractivity contribution in [2.45, 2.75) is 32.6 Å². The van der Waals surface area contributed by atoms with Gasteiger partial charge in [0, 0.05) is 25.9 Å². The molecule has 0 aromatic heterocycles. The Morgan fingerprint density at radius 1 is 1.23 bits per heavy atom. The van der Waals surface area contributed by atoms with Crippen LogP contribution >= 0.6 is 0 Å². The Kier molecular flexibility index (Phi) is 5.65. The van der Waals surface area contributed by atoms with Crippen LogP contribution in [0, 0.1) is 5.92 Å². The summed E-state index contributed by atoms with van der Waals surface area (Å²) in [6, 6.07) is 8.92. The Labute approximate surface area is 152 Å². The molecule has 7 nitrogen and oxygen atoms in total. The SMILES string of the molecule is CC1CCCN(C(=O)COC(=O)C2=NN(c3ccccc3)C(=O)CC2)C1. The van der Waals surface area contributed by atoms with Crippen molar-refractivity contribution in [3.8, 4) is 0 Å². The lowest BCUT2D eigenvalue weighted by Gasteiger charge is -2.30. The molecule has 2 heterocycles. The highest BCUT2D eigenvalue weighted by Crippen LogP contribution is 2.20. The normalized spacial score (nSPS) is 20.6. The van der Waals surface area contributed by atoms with Gasteiger partial charge in [-0.25, -0.2) is 9.80 Å². The molecule has 1 fully saturated rings. The number of ether oxygens (including phenoxy) is 1. The summed E-state index contributed by atoms with van der Waals surface area (Å²) >= 11 is 0. The number of likely N-dealkylation sites (tertiary alicyclic amines) is 1. The first kappa shape index (κ1) is 18.1. The number of piperidine rings is 1. The van der Waals surface area contributed by atoms with Crippen LogP contribution in [0.4, 0.5) is 5.69 Å². The molecule has 7 heteroatoms. The minimum absolute atomic E-state index is 0.160. The smallest absolute Gasteiger partial charge is 0.355 e. The number of hydrazone groups is 1. The van der Waals surface area contributed by atoms with Gasteiger partial charge in [-0.15, -0.1) is 0 Å². The van der Waals surface area contributed by atoms with Gasteiger partial charge in [0.25, 0.3) is 5.91 Å². The number of nitrogens with zero attached hydrogens (tertiary/aromatic N) is 3. The van der Waals surface area contributed by atoms with E-state index in [-0.39, 0.29) is 37.0 Å². The number of hydrogen-bond acceptors (Lipinski definition) is 5. The summed E-state index contributed by atoms with van der Waals surface area (Å²) in [5, 5.41) is 5.35. The van der Waals surface area contributed by atoms with Gasteiger partial charge in [-0.1, -0.05) is 25.1 Å². The second kappa shape index (κ2) is 8.12. The molecule has 1 atom stereocenters. The van der Waals surface area contributed by atoms with Crippen LogP contribution in [0.5, 0.6) is 0 Å². The molecule has 0 bridgehead atoms. The predicted molar refractivity (Wildman–Crippen MR) is 96.5 cm³/mol. The third-order valence-corrected chi connectivity index (χ3v) is 4.61. The molecule has 3 rings (SSSR count). The van der Waals surface area contributed by atoms with Crippen LogP contribution in [-0.2, 0) is 19.1 Å². The minimum atomic E-state index is -0.642. The second-order valence-corrected chi connectivity index (χ2v) is 6.75. The summed E-state index contributed by atoms with van der Waals surface area (Å²) in [4.78, 5) is 38.3. The zero-order chi connectivity index (χ0) is 18.5. The van der Waals surface area contributed by atoms with Crippen molar-refractivity contribution in [2.24, 2.45) is 11.0 Å². The van der Waals surface area contributed by atoms with Gasteiger partial charge >= 0.3 is 5.97 Å². The first-order chi connectivity index (χ1) is 12.5. The highest BCUT2D eigenvalue weighted by atomic mass is 16.5. The van der Waals surface area contributed by atoms with E-state index in [0.29, 0.717) is 24.7 Å². The van der Waals surface area contributed by atoms with E-state index in [2.05, 4.69) is 12.0 Å². The number of carbonyl (C=O) groups is 3. The van der Waals surface area contributed by atoms with E-state index >= 15 is 0 Å². The van der Waals surface area contributed by atoms with Crippen LogP contribution in [-0.4, -0.2) is 48.1 Å². The molecule has 0 spiro atoms. The molecule has 2 amide bonds. The Bertz CT molecular complexity index is 717. The van der Waals surface area contributed by atoms with Gasteiger partial charge in [-0.2, -0.15) is 5.10 Å². The molecule has 0 radical (unpaired) electrons. The van der Waals surface area contributed by atoms with E-state index in [1.165, 1.54) is 5.01 Å². The van der Waals surface area contributed by atoms with E-state index in [4.69, 9.17) is 4.74 Å². The monoisotopic (exact) mass is 357 g/mol. The lowest BCUT2D eigenvalue weighted by atomic mass is 10.0. The fourth-order valence-corrected chi connectivity index (χ4v) is 3.19. The number of hydrogen-bond donors (Lipinski definition) is 0. The third-order valence-electron chi connectivity index (χ3n) is 4.61. The van der Waals surface area contributed by atoms with Crippen LogP contribution in [0.3, 0.4) is 0 Å². The summed E-state index contributed by atoms with van der Waals surface area (Å²) < 4.78 is 5.15. The van der Waals surface area contributed by atoms with Gasteiger partial charge in [0.15, 0.2) is 6.61 Å². The topological polar surface area (TPSA) is 79.3 Å². The van der Waals surface area contributed by atoms with Gasteiger partial charge in [-0.3, -0.25) is 9.59 Å². The van der Waals surface area contributed by atoms with Gasteiger partial charge in [0.2, 0.25) is 5.91 Å². The highest BCUT2D eigenvalue weighted by molar-refractivity contribution is 6.38. The zero-order valence-electron chi connectivity index (χ0n) is 14.9. The lowest BCUT2D eigenvalue weighted by molar-refractivity contribution is -0.147. The number of benzene rings is 1. The fourth-order valence-electron chi connectivity index (χ4n) is 3.19. The maximum absolute atomic E-state index is 12.3. The lowest BCUT2D eigenvalue weighted by Crippen LogP contribution is -2.42. The average Bonchev–Trinajstić information content (AvgIpc) is 2.67. The largest absolute Gasteiger partial charge is 0.451 e. The van der Waals surface area contributed by atoms with E-state index in [1.54, 1.807) is 29.2 Å². The minimum Gasteiger partial charge on any atom is -0.451 e. The Balaban J connectivity index is 1.60. The average molecular weight is 357 g/mol. The summed E-state index contributed by atoms with van der Waals surface area (Å²) in [7, 11) is 0. The number of amides is 2. The summed E-state index contributed by atoms with van der Waals surface area (Å²) in [6.45, 7) is 3.23. The van der Waals surface area contributed by atoms with Crippen molar-refractivity contribution in [1.82, 2.24) is 4.90 Å². The molecule has 0 aliphatic carbocycles. The Hall–Kier alpha value is -2.70. The summed E-state index contributed by atoms with van der Waals surface area (Å²) in [5.74, 6) is -0.531. The summed E-state index contributed by atoms with van der Waals surface area (Å²) in [5.41, 5.74) is 0.758. The Morgan fingerprint density at radius 2 is 2.00 bits per heavy atom. The van der Waals surface area contributed by atoms with E-state index in [0.717, 1.165) is 12.8 Å². The number of esters is 1. The van der Waals surface area contributed by atoms with Gasteiger partial charge in [0.05, 0.1) is 5.69 Å². The van der Waals surface area contributed by atoms with Crippen LogP contribution in [0.1, 0.15) is 32.6 Å². The highest BCUT2D eigenvalue weighted by Gasteiger charge is 2.28. The molecule has 2 aliphatic heterocycles. The molecule has 0 N–H and O–H groups in total. The zero-order valence-corrected chi connectivity index (χ0v) is 14.9. The molecule has 1 unspecified atom stereocenters. The molecule has 0 saturated carbocycles. The van der Waals surface area contributed by atoms with Crippen molar-refractivity contribution in [3.63, 3.8) is 0 Å². The maximum Gasteiger partial charge on any atom is 0.355 e. The standard InChI is InChI=1S/C19H23N3O4/c1-14-6-5-11-21(12-14)18(24)13-26-19(25)16-9-10-17(23)22(20-16)15-7-3-2-4-8-15/h2-4,7-8,14H,5-6,9-13H2,1H3. The number of para-hydroxylation sites is 1. The van der Waals surface area contributed by atoms with Crippen LogP contribution in [0.15, 0.2) is 35.4 Å². The van der Waals surface area contributed by atoms with E-state index < -0.39 is 5.97 Å². The van der Waals surface area contributed by atoms with Crippen molar-refractivity contribution in [2.75, 3.05) is 24.7 Å². The van der Waals surface area contributed by atoms with E-state index in [1.807, 2.05) is 6.07 Å². The molecule has 1 aromatic carbocycles. The number of rotatable bonds is 4. The van der Waals surface area contributed by atoms with Crippen molar-refractivity contribution < 1.29 is 19.1 Å². The number of carbonyl (C=O) groups excluding carboxylic acids is 3. The van der Waals surface area contributed by atoms with Gasteiger partial charge in [0.1, 0.15) is 5.71 Å². The Morgan fingerprint density at radius 3 is 2.73 bits per heavy atom. The molecule has 138 valence electrons. The maximum atomic E-state index is 12.3. The summed E-state index contributed by atoms with van der Waals surface area (Å²) in [6.07, 6.45) is 2.49. The van der Waals surface area contributed by atoms with Crippen LogP contribution in [0.2, 0.25) is 0 Å². The molecule has 1 saturated heterocycles. The van der Waals surface area contributed by atoms with Gasteiger partial charge < -0.3 is 9.64 Å². The predicted octanol–water partition coefficient (Wildman–Crippen LogP) is 1.97. The van der Waals surface area contributed by atoms with Crippen LogP contribution < -0.4 is 5.01 Å². The molecular formula is C19H23N3O4. The van der Waals surface area contributed by atoms with Crippen LogP contribution in [0.25, 0.3) is 0 Å². The molecule has 2 aliphatic rings.